The van der Waals surface area contributed by atoms with E-state index in [2.05, 4.69) is 0 Å². The van der Waals surface area contributed by atoms with E-state index in [0.29, 0.717) is 6.42 Å². The second kappa shape index (κ2) is 4.00. The Balaban J connectivity index is 2.82. The molecule has 0 amide bonds. The third kappa shape index (κ3) is 3.26. The normalized spacial score (nSPS) is 10.9. The van der Waals surface area contributed by atoms with Gasteiger partial charge in [-0.3, -0.25) is 0 Å². The van der Waals surface area contributed by atoms with Gasteiger partial charge in [-0.05, 0) is 12.5 Å². The zero-order valence-corrected chi connectivity index (χ0v) is 8.73. The van der Waals surface area contributed by atoms with Gasteiger partial charge in [0.1, 0.15) is 6.07 Å². The molecule has 0 N–H and O–H groups in total. The van der Waals surface area contributed by atoms with Crippen LogP contribution in [0.2, 0.25) is 0 Å². The van der Waals surface area contributed by atoms with Crippen LogP contribution >= 0.6 is 23.2 Å². The maximum absolute atomic E-state index is 8.61. The molecule has 0 fully saturated rings. The van der Waals surface area contributed by atoms with Crippen LogP contribution in [-0.4, -0.2) is 4.33 Å². The van der Waals surface area contributed by atoms with Gasteiger partial charge in [-0.15, -0.1) is 0 Å². The summed E-state index contributed by atoms with van der Waals surface area (Å²) in [4.78, 5) is 0. The van der Waals surface area contributed by atoms with Gasteiger partial charge in [0.05, 0.1) is 0 Å². The van der Waals surface area contributed by atoms with Gasteiger partial charge in [0.15, 0.2) is 0 Å². The van der Waals surface area contributed by atoms with Gasteiger partial charge in [-0.1, -0.05) is 53.0 Å². The molecule has 0 atom stereocenters. The van der Waals surface area contributed by atoms with Crippen LogP contribution < -0.4 is 0 Å². The Labute approximate surface area is 87.9 Å². The molecule has 0 radical (unpaired) electrons. The standard InChI is InChI=1S/C10H9Cl2N/c1-8-3-2-4-9(5-8)6-10(11,12)7-13/h2-5H,6H2,1H3. The van der Waals surface area contributed by atoms with Crippen molar-refractivity contribution < 1.29 is 0 Å². The van der Waals surface area contributed by atoms with E-state index in [9.17, 15) is 0 Å². The zero-order valence-electron chi connectivity index (χ0n) is 7.22. The molecule has 0 aliphatic carbocycles. The number of nitriles is 1. The summed E-state index contributed by atoms with van der Waals surface area (Å²) >= 11 is 11.4. The minimum absolute atomic E-state index is 0.355. The highest BCUT2D eigenvalue weighted by Crippen LogP contribution is 2.25. The first-order chi connectivity index (χ1) is 6.03. The monoisotopic (exact) mass is 213 g/mol. The molecule has 0 heterocycles. The van der Waals surface area contributed by atoms with Crippen LogP contribution in [0.25, 0.3) is 0 Å². The topological polar surface area (TPSA) is 23.8 Å². The smallest absolute Gasteiger partial charge is 0.195 e. The number of rotatable bonds is 2. The predicted octanol–water partition coefficient (Wildman–Crippen LogP) is 3.24. The number of aryl methyl sites for hydroxylation is 1. The average molecular weight is 214 g/mol. The lowest BCUT2D eigenvalue weighted by Crippen LogP contribution is -2.12. The molecule has 1 nitrogen and oxygen atoms in total. The Kier molecular flexibility index (Phi) is 3.19. The van der Waals surface area contributed by atoms with Crippen molar-refractivity contribution in [2.75, 3.05) is 0 Å². The summed E-state index contributed by atoms with van der Waals surface area (Å²) in [6, 6.07) is 9.62. The summed E-state index contributed by atoms with van der Waals surface area (Å²) in [5.74, 6) is 0. The van der Waals surface area contributed by atoms with Gasteiger partial charge in [-0.25, -0.2) is 0 Å². The lowest BCUT2D eigenvalue weighted by molar-refractivity contribution is 0.944. The third-order valence-electron chi connectivity index (χ3n) is 1.67. The van der Waals surface area contributed by atoms with Crippen LogP contribution in [-0.2, 0) is 6.42 Å². The molecule has 1 aromatic rings. The molecule has 0 bridgehead atoms. The first kappa shape index (κ1) is 10.4. The molecule has 68 valence electrons. The molecule has 0 aliphatic rings. The molecular formula is C10H9Cl2N. The van der Waals surface area contributed by atoms with Crippen molar-refractivity contribution in [2.24, 2.45) is 0 Å². The van der Waals surface area contributed by atoms with Crippen molar-refractivity contribution in [1.82, 2.24) is 0 Å². The third-order valence-corrected chi connectivity index (χ3v) is 2.11. The number of hydrogen-bond acceptors (Lipinski definition) is 1. The summed E-state index contributed by atoms with van der Waals surface area (Å²) in [6.07, 6.45) is 0.355. The van der Waals surface area contributed by atoms with Crippen molar-refractivity contribution in [2.45, 2.75) is 17.7 Å². The highest BCUT2D eigenvalue weighted by atomic mass is 35.5. The van der Waals surface area contributed by atoms with Crippen molar-refractivity contribution in [3.05, 3.63) is 35.4 Å². The number of halogens is 2. The molecule has 0 saturated carbocycles. The fourth-order valence-corrected chi connectivity index (χ4v) is 1.43. The van der Waals surface area contributed by atoms with E-state index in [1.807, 2.05) is 37.3 Å². The van der Waals surface area contributed by atoms with E-state index in [-0.39, 0.29) is 0 Å². The van der Waals surface area contributed by atoms with E-state index >= 15 is 0 Å². The number of nitrogens with zero attached hydrogens (tertiary/aromatic N) is 1. The van der Waals surface area contributed by atoms with E-state index in [1.54, 1.807) is 0 Å². The predicted molar refractivity (Wildman–Crippen MR) is 54.9 cm³/mol. The highest BCUT2D eigenvalue weighted by Gasteiger charge is 2.23. The van der Waals surface area contributed by atoms with Crippen LogP contribution in [0.3, 0.4) is 0 Å². The Bertz CT molecular complexity index is 339. The lowest BCUT2D eigenvalue weighted by atomic mass is 10.1. The van der Waals surface area contributed by atoms with Crippen LogP contribution in [0.15, 0.2) is 24.3 Å². The first-order valence-corrected chi connectivity index (χ1v) is 4.64. The van der Waals surface area contributed by atoms with Crippen LogP contribution in [0.1, 0.15) is 11.1 Å². The van der Waals surface area contributed by atoms with E-state index in [1.165, 1.54) is 0 Å². The Morgan fingerprint density at radius 1 is 1.46 bits per heavy atom. The summed E-state index contributed by atoms with van der Waals surface area (Å²) in [5.41, 5.74) is 2.12. The van der Waals surface area contributed by atoms with Gasteiger partial charge in [0.25, 0.3) is 0 Å². The number of hydrogen-bond donors (Lipinski definition) is 0. The maximum atomic E-state index is 8.61. The quantitative estimate of drug-likeness (QED) is 0.693. The van der Waals surface area contributed by atoms with Crippen molar-refractivity contribution in [3.8, 4) is 6.07 Å². The van der Waals surface area contributed by atoms with Gasteiger partial charge in [-0.2, -0.15) is 5.26 Å². The van der Waals surface area contributed by atoms with E-state index < -0.39 is 4.33 Å². The fourth-order valence-electron chi connectivity index (χ4n) is 1.12. The molecule has 0 unspecified atom stereocenters. The average Bonchev–Trinajstić information content (AvgIpc) is 2.03. The molecule has 1 rings (SSSR count). The largest absolute Gasteiger partial charge is 0.207 e. The molecule has 1 aromatic carbocycles. The molecule has 3 heteroatoms. The fraction of sp³-hybridized carbons (Fsp3) is 0.300. The van der Waals surface area contributed by atoms with Crippen molar-refractivity contribution in [1.29, 1.82) is 5.26 Å². The minimum atomic E-state index is -1.31. The molecule has 0 spiro atoms. The molecule has 0 aromatic heterocycles. The van der Waals surface area contributed by atoms with Crippen LogP contribution in [0.4, 0.5) is 0 Å². The Hall–Kier alpha value is -0.710. The zero-order chi connectivity index (χ0) is 9.90. The second-order valence-electron chi connectivity index (χ2n) is 2.98. The summed E-state index contributed by atoms with van der Waals surface area (Å²) < 4.78 is -1.31. The number of alkyl halides is 2. The maximum Gasteiger partial charge on any atom is 0.207 e. The van der Waals surface area contributed by atoms with Gasteiger partial charge < -0.3 is 0 Å². The summed E-state index contributed by atoms with van der Waals surface area (Å²) in [5, 5.41) is 8.61. The molecular weight excluding hydrogens is 205 g/mol. The molecule has 0 saturated heterocycles. The molecule has 13 heavy (non-hydrogen) atoms. The van der Waals surface area contributed by atoms with E-state index in [4.69, 9.17) is 28.5 Å². The lowest BCUT2D eigenvalue weighted by Gasteiger charge is -2.10. The minimum Gasteiger partial charge on any atom is -0.195 e. The summed E-state index contributed by atoms with van der Waals surface area (Å²) in [6.45, 7) is 1.99. The Morgan fingerprint density at radius 2 is 2.15 bits per heavy atom. The van der Waals surface area contributed by atoms with Gasteiger partial charge in [0, 0.05) is 6.42 Å². The van der Waals surface area contributed by atoms with E-state index in [0.717, 1.165) is 11.1 Å². The van der Waals surface area contributed by atoms with Gasteiger partial charge >= 0.3 is 0 Å². The SMILES string of the molecule is Cc1cccc(CC(Cl)(Cl)C#N)c1. The van der Waals surface area contributed by atoms with Crippen molar-refractivity contribution in [3.63, 3.8) is 0 Å². The highest BCUT2D eigenvalue weighted by molar-refractivity contribution is 6.50. The second-order valence-corrected chi connectivity index (χ2v) is 4.47. The van der Waals surface area contributed by atoms with Crippen molar-refractivity contribution >= 4 is 23.2 Å². The molecule has 0 aliphatic heterocycles. The Morgan fingerprint density at radius 3 is 2.69 bits per heavy atom. The van der Waals surface area contributed by atoms with Gasteiger partial charge in [0.2, 0.25) is 4.33 Å². The van der Waals surface area contributed by atoms with Crippen LogP contribution in [0.5, 0.6) is 0 Å². The summed E-state index contributed by atoms with van der Waals surface area (Å²) in [7, 11) is 0. The first-order valence-electron chi connectivity index (χ1n) is 3.88. The number of benzene rings is 1. The van der Waals surface area contributed by atoms with Crippen LogP contribution in [0, 0.1) is 18.3 Å².